The SMILES string of the molecule is CC(C)CNCC(=O)OCc1ccccc1. The van der Waals surface area contributed by atoms with Crippen LogP contribution in [0, 0.1) is 5.92 Å². The van der Waals surface area contributed by atoms with Gasteiger partial charge in [0, 0.05) is 0 Å². The Balaban J connectivity index is 2.16. The maximum Gasteiger partial charge on any atom is 0.320 e. The largest absolute Gasteiger partial charge is 0.460 e. The van der Waals surface area contributed by atoms with Gasteiger partial charge in [0.15, 0.2) is 0 Å². The summed E-state index contributed by atoms with van der Waals surface area (Å²) in [4.78, 5) is 11.3. The van der Waals surface area contributed by atoms with Crippen LogP contribution in [0.25, 0.3) is 0 Å². The molecule has 0 heterocycles. The topological polar surface area (TPSA) is 38.3 Å². The summed E-state index contributed by atoms with van der Waals surface area (Å²) in [6.07, 6.45) is 0. The highest BCUT2D eigenvalue weighted by Crippen LogP contribution is 2.00. The van der Waals surface area contributed by atoms with E-state index in [2.05, 4.69) is 19.2 Å². The fourth-order valence-electron chi connectivity index (χ4n) is 1.25. The van der Waals surface area contributed by atoms with E-state index in [9.17, 15) is 4.79 Å². The third kappa shape index (κ3) is 5.51. The van der Waals surface area contributed by atoms with Crippen LogP contribution >= 0.6 is 0 Å². The van der Waals surface area contributed by atoms with Gasteiger partial charge < -0.3 is 10.1 Å². The third-order valence-corrected chi connectivity index (χ3v) is 2.06. The Kier molecular flexibility index (Phi) is 5.57. The van der Waals surface area contributed by atoms with Gasteiger partial charge in [0.25, 0.3) is 0 Å². The third-order valence-electron chi connectivity index (χ3n) is 2.06. The minimum atomic E-state index is -0.204. The van der Waals surface area contributed by atoms with Gasteiger partial charge in [-0.25, -0.2) is 0 Å². The lowest BCUT2D eigenvalue weighted by Gasteiger charge is -2.07. The molecular weight excluding hydrogens is 202 g/mol. The number of hydrogen-bond acceptors (Lipinski definition) is 3. The van der Waals surface area contributed by atoms with Crippen LogP contribution in [0.3, 0.4) is 0 Å². The molecule has 0 radical (unpaired) electrons. The van der Waals surface area contributed by atoms with Crippen LogP contribution in [0.1, 0.15) is 19.4 Å². The van der Waals surface area contributed by atoms with E-state index in [1.807, 2.05) is 30.3 Å². The molecule has 0 amide bonds. The Bertz CT molecular complexity index is 309. The summed E-state index contributed by atoms with van der Waals surface area (Å²) in [5.41, 5.74) is 1.01. The Morgan fingerprint density at radius 3 is 2.62 bits per heavy atom. The maximum atomic E-state index is 11.3. The molecule has 88 valence electrons. The van der Waals surface area contributed by atoms with Crippen molar-refractivity contribution in [3.63, 3.8) is 0 Å². The van der Waals surface area contributed by atoms with E-state index in [1.54, 1.807) is 0 Å². The highest BCUT2D eigenvalue weighted by atomic mass is 16.5. The van der Waals surface area contributed by atoms with Gasteiger partial charge in [-0.3, -0.25) is 4.79 Å². The average molecular weight is 221 g/mol. The van der Waals surface area contributed by atoms with Gasteiger partial charge in [0.05, 0.1) is 6.54 Å². The quantitative estimate of drug-likeness (QED) is 0.746. The highest BCUT2D eigenvalue weighted by molar-refractivity contribution is 5.71. The fourth-order valence-corrected chi connectivity index (χ4v) is 1.25. The molecule has 0 bridgehead atoms. The van der Waals surface area contributed by atoms with Crippen LogP contribution in [0.5, 0.6) is 0 Å². The summed E-state index contributed by atoms with van der Waals surface area (Å²) in [7, 11) is 0. The molecule has 0 saturated carbocycles. The number of rotatable bonds is 6. The van der Waals surface area contributed by atoms with Crippen LogP contribution in [0.4, 0.5) is 0 Å². The molecule has 0 fully saturated rings. The molecule has 0 aliphatic heterocycles. The summed E-state index contributed by atoms with van der Waals surface area (Å²) in [6.45, 7) is 5.67. The van der Waals surface area contributed by atoms with E-state index < -0.39 is 0 Å². The zero-order valence-electron chi connectivity index (χ0n) is 9.90. The molecule has 1 aromatic rings. The Morgan fingerprint density at radius 2 is 2.00 bits per heavy atom. The second-order valence-corrected chi connectivity index (χ2v) is 4.17. The molecule has 3 nitrogen and oxygen atoms in total. The molecule has 16 heavy (non-hydrogen) atoms. The average Bonchev–Trinajstić information content (AvgIpc) is 2.27. The number of carbonyl (C=O) groups is 1. The first-order valence-electron chi connectivity index (χ1n) is 5.58. The Hall–Kier alpha value is -1.35. The molecule has 0 unspecified atom stereocenters. The first-order chi connectivity index (χ1) is 7.68. The molecule has 3 heteroatoms. The molecule has 0 saturated heterocycles. The smallest absolute Gasteiger partial charge is 0.320 e. The predicted octanol–water partition coefficient (Wildman–Crippen LogP) is 1.98. The van der Waals surface area contributed by atoms with Crippen LogP contribution < -0.4 is 5.32 Å². The predicted molar refractivity (Wildman–Crippen MR) is 63.9 cm³/mol. The zero-order chi connectivity index (χ0) is 11.8. The molecule has 1 aromatic carbocycles. The molecule has 0 aliphatic carbocycles. The van der Waals surface area contributed by atoms with E-state index >= 15 is 0 Å². The van der Waals surface area contributed by atoms with Crippen molar-refractivity contribution in [2.24, 2.45) is 5.92 Å². The van der Waals surface area contributed by atoms with Crippen LogP contribution in [-0.2, 0) is 16.1 Å². The highest BCUT2D eigenvalue weighted by Gasteiger charge is 2.02. The van der Waals surface area contributed by atoms with Gasteiger partial charge in [0.1, 0.15) is 6.61 Å². The minimum absolute atomic E-state index is 0.204. The van der Waals surface area contributed by atoms with E-state index in [4.69, 9.17) is 4.74 Å². The fraction of sp³-hybridized carbons (Fsp3) is 0.462. The number of ether oxygens (including phenoxy) is 1. The van der Waals surface area contributed by atoms with Gasteiger partial charge in [-0.1, -0.05) is 44.2 Å². The van der Waals surface area contributed by atoms with Gasteiger partial charge in [-0.2, -0.15) is 0 Å². The summed E-state index contributed by atoms with van der Waals surface area (Å²) >= 11 is 0. The number of benzene rings is 1. The molecule has 0 aliphatic rings. The Morgan fingerprint density at radius 1 is 1.31 bits per heavy atom. The lowest BCUT2D eigenvalue weighted by molar-refractivity contribution is -0.143. The normalized spacial score (nSPS) is 10.4. The van der Waals surface area contributed by atoms with Gasteiger partial charge in [-0.15, -0.1) is 0 Å². The summed E-state index contributed by atoms with van der Waals surface area (Å²) in [6, 6.07) is 9.68. The van der Waals surface area contributed by atoms with Crippen molar-refractivity contribution in [2.75, 3.05) is 13.1 Å². The monoisotopic (exact) mass is 221 g/mol. The molecular formula is C13H19NO2. The van der Waals surface area contributed by atoms with Gasteiger partial charge >= 0.3 is 5.97 Å². The minimum Gasteiger partial charge on any atom is -0.460 e. The first-order valence-corrected chi connectivity index (χ1v) is 5.58. The van der Waals surface area contributed by atoms with Crippen molar-refractivity contribution in [2.45, 2.75) is 20.5 Å². The molecule has 0 spiro atoms. The second-order valence-electron chi connectivity index (χ2n) is 4.17. The van der Waals surface area contributed by atoms with E-state index in [0.717, 1.165) is 12.1 Å². The van der Waals surface area contributed by atoms with Crippen molar-refractivity contribution in [1.29, 1.82) is 0 Å². The summed E-state index contributed by atoms with van der Waals surface area (Å²) < 4.78 is 5.11. The molecule has 0 aromatic heterocycles. The van der Waals surface area contributed by atoms with E-state index in [0.29, 0.717) is 12.5 Å². The van der Waals surface area contributed by atoms with Crippen molar-refractivity contribution in [3.05, 3.63) is 35.9 Å². The Labute approximate surface area is 96.8 Å². The van der Waals surface area contributed by atoms with Crippen molar-refractivity contribution >= 4 is 5.97 Å². The van der Waals surface area contributed by atoms with Crippen molar-refractivity contribution in [3.8, 4) is 0 Å². The van der Waals surface area contributed by atoms with Gasteiger partial charge in [0.2, 0.25) is 0 Å². The van der Waals surface area contributed by atoms with Crippen LogP contribution in [0.2, 0.25) is 0 Å². The molecule has 0 atom stereocenters. The number of carbonyl (C=O) groups excluding carboxylic acids is 1. The number of hydrogen-bond donors (Lipinski definition) is 1. The van der Waals surface area contributed by atoms with Gasteiger partial charge in [-0.05, 0) is 18.0 Å². The lowest BCUT2D eigenvalue weighted by Crippen LogP contribution is -2.27. The van der Waals surface area contributed by atoms with E-state index in [-0.39, 0.29) is 12.5 Å². The van der Waals surface area contributed by atoms with Crippen molar-refractivity contribution < 1.29 is 9.53 Å². The lowest BCUT2D eigenvalue weighted by atomic mass is 10.2. The molecule has 1 rings (SSSR count). The maximum absolute atomic E-state index is 11.3. The number of nitrogens with one attached hydrogen (secondary N) is 1. The second kappa shape index (κ2) is 7.01. The van der Waals surface area contributed by atoms with E-state index in [1.165, 1.54) is 0 Å². The summed E-state index contributed by atoms with van der Waals surface area (Å²) in [5.74, 6) is 0.339. The molecule has 1 N–H and O–H groups in total. The summed E-state index contributed by atoms with van der Waals surface area (Å²) in [5, 5.41) is 3.05. The van der Waals surface area contributed by atoms with Crippen LogP contribution in [0.15, 0.2) is 30.3 Å². The number of esters is 1. The van der Waals surface area contributed by atoms with Crippen LogP contribution in [-0.4, -0.2) is 19.1 Å². The van der Waals surface area contributed by atoms with Crippen molar-refractivity contribution in [1.82, 2.24) is 5.32 Å². The first kappa shape index (κ1) is 12.7. The zero-order valence-corrected chi connectivity index (χ0v) is 9.90. The standard InChI is InChI=1S/C13H19NO2/c1-11(2)8-14-9-13(15)16-10-12-6-4-3-5-7-12/h3-7,11,14H,8-10H2,1-2H3.